The maximum Gasteiger partial charge on any atom is 0.293 e. The third kappa shape index (κ3) is 7.20. The van der Waals surface area contributed by atoms with Gasteiger partial charge in [0.1, 0.15) is 22.9 Å². The van der Waals surface area contributed by atoms with Crippen molar-refractivity contribution in [3.8, 4) is 11.5 Å². The Balaban J connectivity index is 1.00. The molecule has 5 heterocycles. The number of fused-ring (bicyclic) bond motifs is 2. The molecule has 2 aromatic carbocycles. The summed E-state index contributed by atoms with van der Waals surface area (Å²) < 4.78 is 13.5. The van der Waals surface area contributed by atoms with Crippen LogP contribution < -0.4 is 30.6 Å². The molecule has 276 valence electrons. The zero-order valence-electron chi connectivity index (χ0n) is 29.7. The quantitative estimate of drug-likeness (QED) is 0.241. The molecule has 2 fully saturated rings. The van der Waals surface area contributed by atoms with Crippen LogP contribution in [-0.2, 0) is 28.0 Å². The lowest BCUT2D eigenvalue weighted by Gasteiger charge is -2.37. The molecule has 16 heteroatoms. The first kappa shape index (κ1) is 35.7. The molecule has 3 aliphatic rings. The lowest BCUT2D eigenvalue weighted by atomic mass is 10.0. The number of amides is 4. The Bertz CT molecular complexity index is 2210. The maximum atomic E-state index is 13.1. The Hall–Kier alpha value is -5.70. The zero-order chi connectivity index (χ0) is 37.6. The Morgan fingerprint density at radius 1 is 1.08 bits per heavy atom. The normalized spacial score (nSPS) is 19.9. The number of halogens is 1. The van der Waals surface area contributed by atoms with Crippen LogP contribution in [0.1, 0.15) is 48.5 Å². The molecule has 2 aromatic heterocycles. The summed E-state index contributed by atoms with van der Waals surface area (Å²) in [7, 11) is 4.88. The minimum absolute atomic E-state index is 0.0292. The van der Waals surface area contributed by atoms with Crippen LogP contribution >= 0.6 is 11.6 Å². The molecule has 4 amide bonds. The van der Waals surface area contributed by atoms with Gasteiger partial charge in [0.2, 0.25) is 17.8 Å². The minimum atomic E-state index is -0.669. The van der Waals surface area contributed by atoms with Crippen LogP contribution in [0.5, 0.6) is 11.5 Å². The number of nitrogens with one attached hydrogen (secondary N) is 2. The molecular weight excluding hydrogens is 704 g/mol. The highest BCUT2D eigenvalue weighted by molar-refractivity contribution is 6.33. The number of anilines is 3. The number of nitrogens with zero attached hydrogens (tertiary/aromatic N) is 6. The van der Waals surface area contributed by atoms with Gasteiger partial charge in [-0.15, -0.1) is 0 Å². The van der Waals surface area contributed by atoms with Gasteiger partial charge in [-0.05, 0) is 61.4 Å². The van der Waals surface area contributed by atoms with Crippen molar-refractivity contribution in [3.05, 3.63) is 75.2 Å². The van der Waals surface area contributed by atoms with E-state index >= 15 is 0 Å². The number of carbonyl (C=O) groups excluding carboxylic acids is 4. The van der Waals surface area contributed by atoms with Crippen LogP contribution in [0, 0.1) is 0 Å². The van der Waals surface area contributed by atoms with E-state index in [9.17, 15) is 24.0 Å². The monoisotopic (exact) mass is 742 g/mol. The van der Waals surface area contributed by atoms with E-state index < -0.39 is 11.9 Å². The number of piperidine rings is 2. The van der Waals surface area contributed by atoms with Gasteiger partial charge < -0.3 is 34.1 Å². The van der Waals surface area contributed by atoms with E-state index in [0.29, 0.717) is 70.5 Å². The average molecular weight is 743 g/mol. The van der Waals surface area contributed by atoms with Gasteiger partial charge in [0.15, 0.2) is 18.2 Å². The van der Waals surface area contributed by atoms with Crippen molar-refractivity contribution in [1.29, 1.82) is 0 Å². The van der Waals surface area contributed by atoms with E-state index in [1.165, 1.54) is 14.4 Å². The molecule has 7 rings (SSSR count). The van der Waals surface area contributed by atoms with Gasteiger partial charge in [0.25, 0.3) is 17.4 Å². The number of hydrogen-bond acceptors (Lipinski definition) is 11. The molecule has 3 aliphatic heterocycles. The van der Waals surface area contributed by atoms with Crippen molar-refractivity contribution in [3.63, 3.8) is 0 Å². The Morgan fingerprint density at radius 3 is 2.64 bits per heavy atom. The van der Waals surface area contributed by atoms with Crippen molar-refractivity contribution < 1.29 is 28.7 Å². The van der Waals surface area contributed by atoms with Crippen LogP contribution in [0.15, 0.2) is 53.5 Å². The molecule has 0 radical (unpaired) electrons. The first-order chi connectivity index (χ1) is 25.4. The largest absolute Gasteiger partial charge is 0.490 e. The van der Waals surface area contributed by atoms with Gasteiger partial charge in [-0.3, -0.25) is 29.3 Å². The van der Waals surface area contributed by atoms with Crippen LogP contribution in [-0.4, -0.2) is 93.4 Å². The smallest absolute Gasteiger partial charge is 0.293 e. The van der Waals surface area contributed by atoms with E-state index in [4.69, 9.17) is 26.1 Å². The molecule has 4 aromatic rings. The molecule has 1 unspecified atom stereocenters. The van der Waals surface area contributed by atoms with E-state index in [-0.39, 0.29) is 60.7 Å². The van der Waals surface area contributed by atoms with Crippen LogP contribution in [0.25, 0.3) is 10.9 Å². The van der Waals surface area contributed by atoms with E-state index in [1.807, 2.05) is 24.3 Å². The molecular formula is C37H39ClN8O7. The number of aromatic nitrogens is 3. The first-order valence-corrected chi connectivity index (χ1v) is 17.7. The molecule has 2 saturated heterocycles. The van der Waals surface area contributed by atoms with E-state index in [1.54, 1.807) is 45.5 Å². The fourth-order valence-corrected chi connectivity index (χ4v) is 7.11. The van der Waals surface area contributed by atoms with Crippen molar-refractivity contribution in [2.75, 3.05) is 37.5 Å². The summed E-state index contributed by atoms with van der Waals surface area (Å²) in [4.78, 5) is 76.4. The highest BCUT2D eigenvalue weighted by Gasteiger charge is 2.39. The van der Waals surface area contributed by atoms with Gasteiger partial charge in [-0.1, -0.05) is 11.6 Å². The van der Waals surface area contributed by atoms with E-state index in [0.717, 1.165) is 5.56 Å². The Labute approximate surface area is 309 Å². The summed E-state index contributed by atoms with van der Waals surface area (Å²) >= 11 is 6.55. The number of imide groups is 1. The SMILES string of the molecule is C[C@H]1C[C@@H](Oc2ccc3c(c2)CN(C2CCC(=O)NC2=O)C3=O)CCN1c1ncc(Cl)c(Nc2ccc3c(c2)cc(OCC(=O)N(C)C)c(=O)n3C)n1. The molecule has 3 atom stereocenters. The lowest BCUT2D eigenvalue weighted by molar-refractivity contribution is -0.137. The fraction of sp³-hybridized carbons (Fsp3) is 0.378. The van der Waals surface area contributed by atoms with Crippen LogP contribution in [0.4, 0.5) is 17.5 Å². The van der Waals surface area contributed by atoms with Gasteiger partial charge in [0.05, 0.1) is 11.7 Å². The molecule has 0 spiro atoms. The van der Waals surface area contributed by atoms with Crippen molar-refractivity contribution in [2.45, 2.75) is 57.3 Å². The standard InChI is InChI=1S/C37H39ClN8O7/c1-20-13-25(53-24-6-7-26-22(15-24)18-46(35(26)50)29-9-10-31(47)41-34(29)49)11-12-45(20)37-39-17-27(38)33(42-37)40-23-5-8-28-21(14-23)16-30(36(51)44(28)4)52-19-32(48)43(2)3/h5-8,14-17,20,25,29H,9-13,18-19H2,1-4H3,(H,39,40,42)(H,41,47,49)/t20-,25-,29?/m0/s1. The minimum Gasteiger partial charge on any atom is -0.490 e. The molecule has 0 saturated carbocycles. The highest BCUT2D eigenvalue weighted by atomic mass is 35.5. The zero-order valence-corrected chi connectivity index (χ0v) is 30.5. The number of benzene rings is 2. The average Bonchev–Trinajstić information content (AvgIpc) is 3.44. The third-order valence-electron chi connectivity index (χ3n) is 9.92. The predicted molar refractivity (Wildman–Crippen MR) is 197 cm³/mol. The van der Waals surface area contributed by atoms with Crippen molar-refractivity contribution in [2.24, 2.45) is 7.05 Å². The summed E-state index contributed by atoms with van der Waals surface area (Å²) in [6.45, 7) is 2.74. The predicted octanol–water partition coefficient (Wildman–Crippen LogP) is 3.39. The molecule has 53 heavy (non-hydrogen) atoms. The number of rotatable bonds is 9. The number of likely N-dealkylation sites (N-methyl/N-ethyl adjacent to an activating group) is 1. The summed E-state index contributed by atoms with van der Waals surface area (Å²) in [5.74, 6) is 0.405. The summed E-state index contributed by atoms with van der Waals surface area (Å²) in [6.07, 6.45) is 3.38. The molecule has 2 N–H and O–H groups in total. The lowest BCUT2D eigenvalue weighted by Crippen LogP contribution is -2.52. The topological polar surface area (TPSA) is 168 Å². The Kier molecular flexibility index (Phi) is 9.68. The highest BCUT2D eigenvalue weighted by Crippen LogP contribution is 2.33. The second-order valence-electron chi connectivity index (χ2n) is 13.7. The Morgan fingerprint density at radius 2 is 1.89 bits per heavy atom. The van der Waals surface area contributed by atoms with Crippen LogP contribution in [0.2, 0.25) is 5.02 Å². The molecule has 0 bridgehead atoms. The summed E-state index contributed by atoms with van der Waals surface area (Å²) in [6, 6.07) is 11.8. The number of ether oxygens (including phenoxy) is 2. The number of hydrogen-bond donors (Lipinski definition) is 2. The second kappa shape index (κ2) is 14.4. The maximum absolute atomic E-state index is 13.1. The number of carbonyl (C=O) groups is 4. The second-order valence-corrected chi connectivity index (χ2v) is 14.1. The number of pyridine rings is 1. The third-order valence-corrected chi connectivity index (χ3v) is 10.2. The van der Waals surface area contributed by atoms with Crippen molar-refractivity contribution in [1.82, 2.24) is 29.7 Å². The molecule has 0 aliphatic carbocycles. The van der Waals surface area contributed by atoms with Gasteiger partial charge in [0, 0.05) is 76.2 Å². The van der Waals surface area contributed by atoms with Gasteiger partial charge in [-0.2, -0.15) is 4.98 Å². The fourth-order valence-electron chi connectivity index (χ4n) is 6.97. The molecule has 15 nitrogen and oxygen atoms in total. The van der Waals surface area contributed by atoms with Gasteiger partial charge >= 0.3 is 0 Å². The summed E-state index contributed by atoms with van der Waals surface area (Å²) in [5, 5.41) is 6.66. The van der Waals surface area contributed by atoms with Gasteiger partial charge in [-0.25, -0.2) is 4.98 Å². The number of aryl methyl sites for hydroxylation is 1. The van der Waals surface area contributed by atoms with E-state index in [2.05, 4.69) is 27.4 Å². The first-order valence-electron chi connectivity index (χ1n) is 17.3. The summed E-state index contributed by atoms with van der Waals surface area (Å²) in [5.41, 5.74) is 2.34. The van der Waals surface area contributed by atoms with Crippen LogP contribution in [0.3, 0.4) is 0 Å². The van der Waals surface area contributed by atoms with Crippen molar-refractivity contribution >= 4 is 63.6 Å².